The molecule has 0 spiro atoms. The highest BCUT2D eigenvalue weighted by molar-refractivity contribution is 5.78. The number of aromatic nitrogens is 2. The first kappa shape index (κ1) is 21.2. The summed E-state index contributed by atoms with van der Waals surface area (Å²) in [6.07, 6.45) is 3.88. The molecule has 6 heteroatoms. The molecule has 0 aliphatic carbocycles. The molecule has 1 aliphatic heterocycles. The van der Waals surface area contributed by atoms with Crippen LogP contribution in [0.1, 0.15) is 29.2 Å². The number of aryl methyl sites for hydroxylation is 1. The van der Waals surface area contributed by atoms with Crippen LogP contribution in [0.4, 0.5) is 10.1 Å². The van der Waals surface area contributed by atoms with Gasteiger partial charge in [0.05, 0.1) is 5.69 Å². The van der Waals surface area contributed by atoms with Crippen molar-refractivity contribution in [3.05, 3.63) is 102 Å². The van der Waals surface area contributed by atoms with Crippen LogP contribution in [-0.2, 0) is 4.79 Å². The summed E-state index contributed by atoms with van der Waals surface area (Å²) in [5.41, 5.74) is 4.59. The van der Waals surface area contributed by atoms with Gasteiger partial charge in [-0.15, -0.1) is 0 Å². The van der Waals surface area contributed by atoms with Crippen LogP contribution in [-0.4, -0.2) is 46.4 Å². The minimum atomic E-state index is -0.412. The quantitative estimate of drug-likeness (QED) is 0.452. The van der Waals surface area contributed by atoms with Crippen LogP contribution in [0.25, 0.3) is 5.65 Å². The summed E-state index contributed by atoms with van der Waals surface area (Å²) in [7, 11) is 0. The number of para-hydroxylation sites is 1. The Bertz CT molecular complexity index is 1280. The molecule has 0 bridgehead atoms. The van der Waals surface area contributed by atoms with Gasteiger partial charge in [0, 0.05) is 56.6 Å². The summed E-state index contributed by atoms with van der Waals surface area (Å²) in [5.74, 6) is -0.672. The summed E-state index contributed by atoms with van der Waals surface area (Å²) < 4.78 is 16.8. The SMILES string of the molecule is Cc1ccccc1N1CCN(C(=O)CC(c2ccccc2F)c2cnc3ccccn23)CC1. The van der Waals surface area contributed by atoms with Gasteiger partial charge in [0.1, 0.15) is 11.5 Å². The van der Waals surface area contributed by atoms with E-state index < -0.39 is 5.92 Å². The normalized spacial score (nSPS) is 15.1. The molecule has 0 radical (unpaired) electrons. The minimum Gasteiger partial charge on any atom is -0.368 e. The van der Waals surface area contributed by atoms with Gasteiger partial charge in [-0.2, -0.15) is 0 Å². The lowest BCUT2D eigenvalue weighted by atomic mass is 9.91. The molecule has 1 aliphatic rings. The predicted octanol–water partition coefficient (Wildman–Crippen LogP) is 4.65. The van der Waals surface area contributed by atoms with Crippen LogP contribution in [0.5, 0.6) is 0 Å². The van der Waals surface area contributed by atoms with E-state index >= 15 is 0 Å². The molecule has 33 heavy (non-hydrogen) atoms. The van der Waals surface area contributed by atoms with Crippen LogP contribution >= 0.6 is 0 Å². The molecule has 1 unspecified atom stereocenters. The van der Waals surface area contributed by atoms with Crippen molar-refractivity contribution >= 4 is 17.2 Å². The molecule has 3 heterocycles. The summed E-state index contributed by atoms with van der Waals surface area (Å²) in [5, 5.41) is 0. The first-order valence-electron chi connectivity index (χ1n) is 11.4. The van der Waals surface area contributed by atoms with Gasteiger partial charge >= 0.3 is 0 Å². The monoisotopic (exact) mass is 442 g/mol. The molecule has 5 nitrogen and oxygen atoms in total. The number of carbonyl (C=O) groups excluding carboxylic acids is 1. The Labute approximate surface area is 193 Å². The number of pyridine rings is 1. The Morgan fingerprint density at radius 3 is 2.48 bits per heavy atom. The summed E-state index contributed by atoms with van der Waals surface area (Å²) in [6.45, 7) is 5.00. The first-order valence-corrected chi connectivity index (χ1v) is 11.4. The molecular weight excluding hydrogens is 415 g/mol. The van der Waals surface area contributed by atoms with Gasteiger partial charge in [-0.3, -0.25) is 4.79 Å². The van der Waals surface area contributed by atoms with E-state index in [4.69, 9.17) is 0 Å². The van der Waals surface area contributed by atoms with E-state index in [9.17, 15) is 9.18 Å². The third-order valence-corrected chi connectivity index (χ3v) is 6.55. The van der Waals surface area contributed by atoms with Gasteiger partial charge in [-0.1, -0.05) is 42.5 Å². The number of nitrogens with zero attached hydrogens (tertiary/aromatic N) is 4. The van der Waals surface area contributed by atoms with Gasteiger partial charge in [0.25, 0.3) is 0 Å². The molecule has 2 aromatic heterocycles. The number of carbonyl (C=O) groups is 1. The number of benzene rings is 2. The van der Waals surface area contributed by atoms with E-state index in [0.717, 1.165) is 24.4 Å². The zero-order valence-corrected chi connectivity index (χ0v) is 18.7. The van der Waals surface area contributed by atoms with Crippen LogP contribution in [0.15, 0.2) is 79.1 Å². The van der Waals surface area contributed by atoms with Crippen molar-refractivity contribution in [3.8, 4) is 0 Å². The van der Waals surface area contributed by atoms with Crippen molar-refractivity contribution in [1.29, 1.82) is 0 Å². The fourth-order valence-electron chi connectivity index (χ4n) is 4.76. The van der Waals surface area contributed by atoms with Crippen molar-refractivity contribution < 1.29 is 9.18 Å². The van der Waals surface area contributed by atoms with Crippen molar-refractivity contribution in [2.75, 3.05) is 31.1 Å². The molecule has 0 saturated carbocycles. The van der Waals surface area contributed by atoms with Crippen LogP contribution < -0.4 is 4.90 Å². The lowest BCUT2D eigenvalue weighted by Gasteiger charge is -2.37. The summed E-state index contributed by atoms with van der Waals surface area (Å²) in [6, 6.07) is 20.8. The second-order valence-electron chi connectivity index (χ2n) is 8.54. The first-order chi connectivity index (χ1) is 16.1. The fourth-order valence-corrected chi connectivity index (χ4v) is 4.76. The number of amides is 1. The number of halogens is 1. The molecule has 4 aromatic rings. The number of hydrogen-bond donors (Lipinski definition) is 0. The Morgan fingerprint density at radius 2 is 1.70 bits per heavy atom. The lowest BCUT2D eigenvalue weighted by Crippen LogP contribution is -2.49. The maximum absolute atomic E-state index is 14.8. The van der Waals surface area contributed by atoms with E-state index in [0.29, 0.717) is 18.7 Å². The average molecular weight is 443 g/mol. The highest BCUT2D eigenvalue weighted by Gasteiger charge is 2.28. The van der Waals surface area contributed by atoms with E-state index in [1.165, 1.54) is 17.3 Å². The third-order valence-electron chi connectivity index (χ3n) is 6.55. The fraction of sp³-hybridized carbons (Fsp3) is 0.259. The summed E-state index contributed by atoms with van der Waals surface area (Å²) >= 11 is 0. The number of piperazine rings is 1. The lowest BCUT2D eigenvalue weighted by molar-refractivity contribution is -0.131. The van der Waals surface area contributed by atoms with Gasteiger partial charge in [-0.05, 0) is 42.3 Å². The maximum atomic E-state index is 14.8. The van der Waals surface area contributed by atoms with Crippen LogP contribution in [0, 0.1) is 12.7 Å². The van der Waals surface area contributed by atoms with E-state index in [1.807, 2.05) is 45.8 Å². The van der Waals surface area contributed by atoms with Crippen molar-refractivity contribution in [2.24, 2.45) is 0 Å². The zero-order chi connectivity index (χ0) is 22.8. The number of hydrogen-bond acceptors (Lipinski definition) is 3. The largest absolute Gasteiger partial charge is 0.368 e. The zero-order valence-electron chi connectivity index (χ0n) is 18.7. The van der Waals surface area contributed by atoms with E-state index in [1.54, 1.807) is 18.3 Å². The van der Waals surface area contributed by atoms with Gasteiger partial charge in [0.2, 0.25) is 5.91 Å². The average Bonchev–Trinajstić information content (AvgIpc) is 3.27. The Hall–Kier alpha value is -3.67. The molecule has 1 atom stereocenters. The Kier molecular flexibility index (Phi) is 5.82. The highest BCUT2D eigenvalue weighted by Crippen LogP contribution is 2.31. The molecular formula is C27H27FN4O. The maximum Gasteiger partial charge on any atom is 0.223 e. The molecule has 5 rings (SSSR count). The van der Waals surface area contributed by atoms with Crippen LogP contribution in [0.3, 0.4) is 0 Å². The molecule has 2 aromatic carbocycles. The molecule has 168 valence electrons. The van der Waals surface area contributed by atoms with Crippen molar-refractivity contribution in [1.82, 2.24) is 14.3 Å². The van der Waals surface area contributed by atoms with Crippen LogP contribution in [0.2, 0.25) is 0 Å². The molecule has 1 fully saturated rings. The number of anilines is 1. The minimum absolute atomic E-state index is 0.0403. The van der Waals surface area contributed by atoms with E-state index in [-0.39, 0.29) is 18.1 Å². The molecule has 1 amide bonds. The second-order valence-corrected chi connectivity index (χ2v) is 8.54. The Morgan fingerprint density at radius 1 is 0.970 bits per heavy atom. The predicted molar refractivity (Wildman–Crippen MR) is 128 cm³/mol. The number of fused-ring (bicyclic) bond motifs is 1. The number of rotatable bonds is 5. The van der Waals surface area contributed by atoms with Gasteiger partial charge in [0.15, 0.2) is 0 Å². The van der Waals surface area contributed by atoms with Gasteiger partial charge < -0.3 is 14.2 Å². The molecule has 0 N–H and O–H groups in total. The Balaban J connectivity index is 1.37. The summed E-state index contributed by atoms with van der Waals surface area (Å²) in [4.78, 5) is 22.1. The van der Waals surface area contributed by atoms with E-state index in [2.05, 4.69) is 35.0 Å². The van der Waals surface area contributed by atoms with Crippen molar-refractivity contribution in [3.63, 3.8) is 0 Å². The third kappa shape index (κ3) is 4.21. The smallest absolute Gasteiger partial charge is 0.223 e. The standard InChI is InChI=1S/C27H27FN4O/c1-20-8-2-5-11-24(20)30-14-16-31(17-15-30)27(33)18-22(21-9-3-4-10-23(21)28)25-19-29-26-12-6-7-13-32(25)26/h2-13,19,22H,14-18H2,1H3. The number of imidazole rings is 1. The molecule has 1 saturated heterocycles. The van der Waals surface area contributed by atoms with Crippen molar-refractivity contribution in [2.45, 2.75) is 19.3 Å². The van der Waals surface area contributed by atoms with Gasteiger partial charge in [-0.25, -0.2) is 9.37 Å². The highest BCUT2D eigenvalue weighted by atomic mass is 19.1. The topological polar surface area (TPSA) is 40.8 Å². The second kappa shape index (κ2) is 9.06.